The van der Waals surface area contributed by atoms with Gasteiger partial charge in [-0.05, 0) is 17.9 Å². The molecular formula is C9H15NO4P+. The number of carbonyl (C=O) groups is 1. The molecule has 0 saturated carbocycles. The molecule has 0 spiro atoms. The van der Waals surface area contributed by atoms with Gasteiger partial charge in [0.15, 0.2) is 12.3 Å². The monoisotopic (exact) mass is 232 g/mol. The summed E-state index contributed by atoms with van der Waals surface area (Å²) in [6.07, 6.45) is 0.584. The van der Waals surface area contributed by atoms with Gasteiger partial charge in [-0.3, -0.25) is 4.79 Å². The molecule has 0 fully saturated rings. The summed E-state index contributed by atoms with van der Waals surface area (Å²) in [5.41, 5.74) is 0. The van der Waals surface area contributed by atoms with Crippen molar-refractivity contribution in [3.8, 4) is 6.07 Å². The van der Waals surface area contributed by atoms with Crippen LogP contribution in [0.3, 0.4) is 0 Å². The molecular weight excluding hydrogens is 217 g/mol. The Labute approximate surface area is 90.2 Å². The molecule has 0 bridgehead atoms. The minimum absolute atomic E-state index is 0.391. The van der Waals surface area contributed by atoms with Crippen molar-refractivity contribution in [2.45, 2.75) is 32.8 Å². The Morgan fingerprint density at radius 1 is 1.60 bits per heavy atom. The predicted molar refractivity (Wildman–Crippen MR) is 54.5 cm³/mol. The van der Waals surface area contributed by atoms with Crippen LogP contribution >= 0.6 is 8.03 Å². The van der Waals surface area contributed by atoms with E-state index < -0.39 is 20.1 Å². The first-order valence-corrected chi connectivity index (χ1v) is 6.10. The Bertz CT molecular complexity index is 261. The molecule has 0 aromatic carbocycles. The van der Waals surface area contributed by atoms with Gasteiger partial charge in [0, 0.05) is 13.3 Å². The largest absolute Gasteiger partial charge is 0.508 e. The third kappa shape index (κ3) is 8.04. The molecule has 0 saturated heterocycles. The second-order valence-electron chi connectivity index (χ2n) is 2.84. The molecule has 6 heteroatoms. The van der Waals surface area contributed by atoms with Crippen molar-refractivity contribution in [2.75, 3.05) is 12.8 Å². The molecule has 0 aromatic heterocycles. The van der Waals surface area contributed by atoms with E-state index in [9.17, 15) is 9.36 Å². The summed E-state index contributed by atoms with van der Waals surface area (Å²) < 4.78 is 20.6. The number of hydrogen-bond acceptors (Lipinski definition) is 5. The SMILES string of the molecule is CCO[P+](=O)CCCC(C#N)OC(C)=O. The smallest absolute Gasteiger partial charge is 0.447 e. The van der Waals surface area contributed by atoms with E-state index in [1.165, 1.54) is 6.92 Å². The molecule has 15 heavy (non-hydrogen) atoms. The maximum absolute atomic E-state index is 11.1. The van der Waals surface area contributed by atoms with Crippen LogP contribution in [0.4, 0.5) is 0 Å². The Balaban J connectivity index is 3.69. The summed E-state index contributed by atoms with van der Waals surface area (Å²) >= 11 is 0. The van der Waals surface area contributed by atoms with Gasteiger partial charge >= 0.3 is 14.0 Å². The third-order valence-electron chi connectivity index (χ3n) is 1.53. The van der Waals surface area contributed by atoms with Crippen LogP contribution in [0.25, 0.3) is 0 Å². The molecule has 0 aliphatic carbocycles. The van der Waals surface area contributed by atoms with E-state index in [0.717, 1.165) is 0 Å². The molecule has 0 N–H and O–H groups in total. The van der Waals surface area contributed by atoms with E-state index in [-0.39, 0.29) is 0 Å². The molecule has 0 aliphatic heterocycles. The fraction of sp³-hybridized carbons (Fsp3) is 0.778. The zero-order valence-electron chi connectivity index (χ0n) is 8.93. The van der Waals surface area contributed by atoms with E-state index in [1.807, 2.05) is 6.07 Å². The molecule has 0 amide bonds. The van der Waals surface area contributed by atoms with Gasteiger partial charge in [0.1, 0.15) is 6.07 Å². The van der Waals surface area contributed by atoms with Crippen molar-refractivity contribution in [1.82, 2.24) is 0 Å². The summed E-state index contributed by atoms with van der Waals surface area (Å²) in [5, 5.41) is 8.61. The first-order chi connectivity index (χ1) is 7.10. The predicted octanol–water partition coefficient (Wildman–Crippen LogP) is 2.00. The molecule has 0 aliphatic rings. The average Bonchev–Trinajstić information content (AvgIpc) is 2.16. The van der Waals surface area contributed by atoms with Crippen LogP contribution in [-0.2, 0) is 18.6 Å². The first-order valence-electron chi connectivity index (χ1n) is 4.74. The number of carbonyl (C=O) groups excluding carboxylic acids is 1. The van der Waals surface area contributed by atoms with Crippen LogP contribution in [0.2, 0.25) is 0 Å². The van der Waals surface area contributed by atoms with Gasteiger partial charge in [-0.2, -0.15) is 5.26 Å². The maximum Gasteiger partial charge on any atom is 0.508 e. The normalized spacial score (nSPS) is 12.7. The number of ether oxygens (including phenoxy) is 1. The fourth-order valence-electron chi connectivity index (χ4n) is 0.964. The van der Waals surface area contributed by atoms with Gasteiger partial charge in [-0.25, -0.2) is 0 Å². The van der Waals surface area contributed by atoms with Crippen LogP contribution < -0.4 is 0 Å². The molecule has 0 radical (unpaired) electrons. The molecule has 2 atom stereocenters. The lowest BCUT2D eigenvalue weighted by Gasteiger charge is -2.06. The summed E-state index contributed by atoms with van der Waals surface area (Å²) in [4.78, 5) is 10.6. The van der Waals surface area contributed by atoms with E-state index in [0.29, 0.717) is 25.6 Å². The number of nitrogens with zero attached hydrogens (tertiary/aromatic N) is 1. The zero-order chi connectivity index (χ0) is 11.7. The molecule has 0 heterocycles. The van der Waals surface area contributed by atoms with Crippen molar-refractivity contribution < 1.29 is 18.6 Å². The Kier molecular flexibility index (Phi) is 7.79. The van der Waals surface area contributed by atoms with Gasteiger partial charge in [-0.1, -0.05) is 0 Å². The lowest BCUT2D eigenvalue weighted by Crippen LogP contribution is -2.14. The standard InChI is InChI=1S/C9H15NO4P/c1-3-13-15(12)6-4-5-9(7-10)14-8(2)11/h9H,3-6H2,1-2H3/q+1. The van der Waals surface area contributed by atoms with Crippen LogP contribution in [0.15, 0.2) is 0 Å². The number of rotatable bonds is 7. The van der Waals surface area contributed by atoms with E-state index >= 15 is 0 Å². The number of nitriles is 1. The highest BCUT2D eigenvalue weighted by molar-refractivity contribution is 7.39. The number of hydrogen-bond donors (Lipinski definition) is 0. The lowest BCUT2D eigenvalue weighted by atomic mass is 10.2. The zero-order valence-corrected chi connectivity index (χ0v) is 9.83. The lowest BCUT2D eigenvalue weighted by molar-refractivity contribution is -0.144. The fourth-order valence-corrected chi connectivity index (χ4v) is 1.82. The summed E-state index contributed by atoms with van der Waals surface area (Å²) in [6, 6.07) is 1.86. The summed E-state index contributed by atoms with van der Waals surface area (Å²) in [5.74, 6) is -0.476. The molecule has 2 unspecified atom stereocenters. The van der Waals surface area contributed by atoms with Crippen molar-refractivity contribution in [3.63, 3.8) is 0 Å². The van der Waals surface area contributed by atoms with E-state index in [4.69, 9.17) is 14.5 Å². The van der Waals surface area contributed by atoms with Crippen LogP contribution in [0.5, 0.6) is 0 Å². The highest BCUT2D eigenvalue weighted by Crippen LogP contribution is 2.23. The van der Waals surface area contributed by atoms with Crippen LogP contribution in [0, 0.1) is 11.3 Å². The van der Waals surface area contributed by atoms with E-state index in [1.54, 1.807) is 6.92 Å². The van der Waals surface area contributed by atoms with Crippen molar-refractivity contribution >= 4 is 14.0 Å². The van der Waals surface area contributed by atoms with Gasteiger partial charge in [0.2, 0.25) is 0 Å². The second kappa shape index (κ2) is 8.34. The quantitative estimate of drug-likeness (QED) is 0.495. The van der Waals surface area contributed by atoms with Crippen molar-refractivity contribution in [1.29, 1.82) is 5.26 Å². The Morgan fingerprint density at radius 2 is 2.27 bits per heavy atom. The summed E-state index contributed by atoms with van der Waals surface area (Å²) in [7, 11) is -1.64. The van der Waals surface area contributed by atoms with Gasteiger partial charge in [0.05, 0.1) is 6.61 Å². The highest BCUT2D eigenvalue weighted by Gasteiger charge is 2.18. The average molecular weight is 232 g/mol. The number of esters is 1. The van der Waals surface area contributed by atoms with Crippen LogP contribution in [-0.4, -0.2) is 24.8 Å². The van der Waals surface area contributed by atoms with Gasteiger partial charge < -0.3 is 4.74 Å². The minimum atomic E-state index is -1.64. The Hall–Kier alpha value is -0.980. The third-order valence-corrected chi connectivity index (χ3v) is 2.76. The van der Waals surface area contributed by atoms with Gasteiger partial charge in [0.25, 0.3) is 0 Å². The first kappa shape index (κ1) is 14.0. The molecule has 5 nitrogen and oxygen atoms in total. The maximum atomic E-state index is 11.1. The molecule has 84 valence electrons. The Morgan fingerprint density at radius 3 is 2.73 bits per heavy atom. The van der Waals surface area contributed by atoms with Gasteiger partial charge in [-0.15, -0.1) is 4.52 Å². The highest BCUT2D eigenvalue weighted by atomic mass is 31.1. The molecule has 0 rings (SSSR count). The van der Waals surface area contributed by atoms with Crippen LogP contribution in [0.1, 0.15) is 26.7 Å². The van der Waals surface area contributed by atoms with Crippen molar-refractivity contribution in [3.05, 3.63) is 0 Å². The topological polar surface area (TPSA) is 76.4 Å². The summed E-state index contributed by atoms with van der Waals surface area (Å²) in [6.45, 7) is 3.44. The minimum Gasteiger partial charge on any atom is -0.447 e. The second-order valence-corrected chi connectivity index (χ2v) is 4.21. The van der Waals surface area contributed by atoms with E-state index in [2.05, 4.69) is 0 Å². The molecule has 0 aromatic rings. The van der Waals surface area contributed by atoms with Crippen molar-refractivity contribution in [2.24, 2.45) is 0 Å².